The first-order valence-corrected chi connectivity index (χ1v) is 11.3. The number of rotatable bonds is 3. The summed E-state index contributed by atoms with van der Waals surface area (Å²) >= 11 is 0. The molecular weight excluding hydrogens is 334 g/mol. The number of nitrogens with one attached hydrogen (secondary N) is 1. The molecule has 3 heteroatoms. The van der Waals surface area contributed by atoms with E-state index in [-0.39, 0.29) is 16.7 Å². The molecule has 2 N–H and O–H groups in total. The molecule has 1 heterocycles. The first kappa shape index (κ1) is 19.5. The topological polar surface area (TPSA) is 49.3 Å². The predicted molar refractivity (Wildman–Crippen MR) is 109 cm³/mol. The molecule has 0 aromatic rings. The van der Waals surface area contributed by atoms with Crippen LogP contribution in [0.15, 0.2) is 12.7 Å². The zero-order valence-corrected chi connectivity index (χ0v) is 17.8. The van der Waals surface area contributed by atoms with Crippen LogP contribution in [0.25, 0.3) is 0 Å². The summed E-state index contributed by atoms with van der Waals surface area (Å²) in [4.78, 5) is 12.0. The highest BCUT2D eigenvalue weighted by Gasteiger charge is 2.63. The van der Waals surface area contributed by atoms with Gasteiger partial charge in [0.25, 0.3) is 0 Å². The van der Waals surface area contributed by atoms with Gasteiger partial charge in [0.15, 0.2) is 0 Å². The summed E-state index contributed by atoms with van der Waals surface area (Å²) in [6.07, 6.45) is 10.3. The van der Waals surface area contributed by atoms with E-state index in [2.05, 4.69) is 32.7 Å². The van der Waals surface area contributed by atoms with Crippen LogP contribution in [0.5, 0.6) is 0 Å². The van der Waals surface area contributed by atoms with Crippen LogP contribution in [0.4, 0.5) is 0 Å². The lowest BCUT2D eigenvalue weighted by Gasteiger charge is -2.62. The third kappa shape index (κ3) is 2.74. The Morgan fingerprint density at radius 2 is 1.93 bits per heavy atom. The molecule has 152 valence electrons. The summed E-state index contributed by atoms with van der Waals surface area (Å²) in [6.45, 7) is 13.3. The highest BCUT2D eigenvalue weighted by Crippen LogP contribution is 2.68. The van der Waals surface area contributed by atoms with Crippen LogP contribution in [0.2, 0.25) is 0 Å². The van der Waals surface area contributed by atoms with Crippen LogP contribution in [0, 0.1) is 40.4 Å². The van der Waals surface area contributed by atoms with Crippen molar-refractivity contribution in [2.45, 2.75) is 90.7 Å². The first-order valence-electron chi connectivity index (χ1n) is 11.3. The lowest BCUT2D eigenvalue weighted by Crippen LogP contribution is -2.63. The molecule has 0 radical (unpaired) electrons. The highest BCUT2D eigenvalue weighted by molar-refractivity contribution is 5.77. The Kier molecular flexibility index (Phi) is 4.57. The van der Waals surface area contributed by atoms with Crippen molar-refractivity contribution in [3.63, 3.8) is 0 Å². The van der Waals surface area contributed by atoms with E-state index < -0.39 is 5.60 Å². The second-order valence-electron chi connectivity index (χ2n) is 11.2. The number of aliphatic hydroxyl groups is 1. The standard InChI is InChI=1S/C24H39NO2/c1-6-11-24(5,27)18-8-7-16-21-15(2)14-19-23(4,13-10-20(26)25-19)17(21)9-12-22(16,18)3/h6,15-19,21,27H,1,7-14H2,2-5H3,(H,25,26)/t15?,16-,17-,18-,19?,21-,22-,23+,24?/m0/s1. The van der Waals surface area contributed by atoms with E-state index in [0.717, 1.165) is 25.2 Å². The van der Waals surface area contributed by atoms with Gasteiger partial charge in [-0.1, -0.05) is 26.8 Å². The fourth-order valence-corrected chi connectivity index (χ4v) is 8.50. The number of hydrogen-bond donors (Lipinski definition) is 2. The number of amides is 1. The molecule has 1 saturated heterocycles. The highest BCUT2D eigenvalue weighted by atomic mass is 16.3. The van der Waals surface area contributed by atoms with Crippen LogP contribution in [0.3, 0.4) is 0 Å². The van der Waals surface area contributed by atoms with E-state index in [1.165, 1.54) is 19.3 Å². The minimum atomic E-state index is -0.638. The fraction of sp³-hybridized carbons (Fsp3) is 0.875. The van der Waals surface area contributed by atoms with E-state index in [1.54, 1.807) is 0 Å². The van der Waals surface area contributed by atoms with E-state index >= 15 is 0 Å². The minimum absolute atomic E-state index is 0.239. The number of carbonyl (C=O) groups excluding carboxylic acids is 1. The Bertz CT molecular complexity index is 628. The van der Waals surface area contributed by atoms with Gasteiger partial charge in [0.1, 0.15) is 0 Å². The van der Waals surface area contributed by atoms with Gasteiger partial charge in [-0.2, -0.15) is 0 Å². The summed E-state index contributed by atoms with van der Waals surface area (Å²) in [6, 6.07) is 0.362. The van der Waals surface area contributed by atoms with Gasteiger partial charge in [0.2, 0.25) is 5.91 Å². The minimum Gasteiger partial charge on any atom is -0.390 e. The van der Waals surface area contributed by atoms with Gasteiger partial charge in [0, 0.05) is 12.5 Å². The van der Waals surface area contributed by atoms with Crippen LogP contribution < -0.4 is 5.32 Å². The lowest BCUT2D eigenvalue weighted by molar-refractivity contribution is -0.151. The molecule has 1 aliphatic heterocycles. The Hall–Kier alpha value is -0.830. The molecule has 3 unspecified atom stereocenters. The Morgan fingerprint density at radius 1 is 1.22 bits per heavy atom. The smallest absolute Gasteiger partial charge is 0.220 e. The Labute approximate surface area is 165 Å². The number of piperidine rings is 1. The van der Waals surface area contributed by atoms with Gasteiger partial charge in [0.05, 0.1) is 5.60 Å². The predicted octanol–water partition coefficient (Wildman–Crippen LogP) is 4.70. The molecule has 4 rings (SSSR count). The van der Waals surface area contributed by atoms with Crippen molar-refractivity contribution >= 4 is 5.91 Å². The third-order valence-electron chi connectivity index (χ3n) is 9.77. The van der Waals surface area contributed by atoms with Crippen molar-refractivity contribution in [2.75, 3.05) is 0 Å². The molecule has 9 atom stereocenters. The first-order chi connectivity index (χ1) is 12.6. The van der Waals surface area contributed by atoms with Crippen LogP contribution >= 0.6 is 0 Å². The van der Waals surface area contributed by atoms with Crippen LogP contribution in [0.1, 0.15) is 79.1 Å². The van der Waals surface area contributed by atoms with Crippen molar-refractivity contribution in [1.82, 2.24) is 5.32 Å². The Morgan fingerprint density at radius 3 is 2.63 bits per heavy atom. The maximum absolute atomic E-state index is 12.0. The second-order valence-corrected chi connectivity index (χ2v) is 11.2. The van der Waals surface area contributed by atoms with E-state index in [1.807, 2.05) is 13.0 Å². The molecule has 27 heavy (non-hydrogen) atoms. The van der Waals surface area contributed by atoms with Crippen LogP contribution in [-0.2, 0) is 4.79 Å². The molecule has 0 aromatic heterocycles. The Balaban J connectivity index is 1.65. The largest absolute Gasteiger partial charge is 0.390 e. The van der Waals surface area contributed by atoms with Crippen molar-refractivity contribution < 1.29 is 9.90 Å². The third-order valence-corrected chi connectivity index (χ3v) is 9.77. The van der Waals surface area contributed by atoms with Gasteiger partial charge < -0.3 is 10.4 Å². The van der Waals surface area contributed by atoms with Crippen molar-refractivity contribution in [2.24, 2.45) is 40.4 Å². The van der Waals surface area contributed by atoms with Crippen molar-refractivity contribution in [1.29, 1.82) is 0 Å². The molecule has 3 nitrogen and oxygen atoms in total. The van der Waals surface area contributed by atoms with Crippen LogP contribution in [-0.4, -0.2) is 22.7 Å². The summed E-state index contributed by atoms with van der Waals surface area (Å²) in [5.41, 5.74) is -0.140. The average Bonchev–Trinajstić information content (AvgIpc) is 2.94. The molecule has 0 bridgehead atoms. The molecular formula is C24H39NO2. The maximum atomic E-state index is 12.0. The molecule has 4 aliphatic rings. The maximum Gasteiger partial charge on any atom is 0.220 e. The van der Waals surface area contributed by atoms with Gasteiger partial charge in [-0.25, -0.2) is 0 Å². The van der Waals surface area contributed by atoms with Crippen molar-refractivity contribution in [3.8, 4) is 0 Å². The average molecular weight is 374 g/mol. The molecule has 4 fully saturated rings. The monoisotopic (exact) mass is 373 g/mol. The zero-order chi connectivity index (χ0) is 19.6. The SMILES string of the molecule is C=CCC(C)(O)[C@H]1CC[C@H]2[C@@H]3C(C)CC4NC(=O)CC[C@]4(C)[C@H]3CC[C@]12C. The zero-order valence-electron chi connectivity index (χ0n) is 17.8. The quantitative estimate of drug-likeness (QED) is 0.705. The van der Waals surface area contributed by atoms with Gasteiger partial charge in [-0.3, -0.25) is 4.79 Å². The van der Waals surface area contributed by atoms with Crippen molar-refractivity contribution in [3.05, 3.63) is 12.7 Å². The number of fused-ring (bicyclic) bond motifs is 5. The molecule has 3 saturated carbocycles. The second kappa shape index (κ2) is 6.34. The number of carbonyl (C=O) groups is 1. The molecule has 0 spiro atoms. The van der Waals surface area contributed by atoms with Gasteiger partial charge >= 0.3 is 0 Å². The van der Waals surface area contributed by atoms with E-state index in [9.17, 15) is 9.90 Å². The molecule has 1 amide bonds. The lowest BCUT2D eigenvalue weighted by atomic mass is 9.44. The van der Waals surface area contributed by atoms with Gasteiger partial charge in [-0.05, 0) is 92.3 Å². The summed E-state index contributed by atoms with van der Waals surface area (Å²) in [5, 5.41) is 14.6. The summed E-state index contributed by atoms with van der Waals surface area (Å²) in [7, 11) is 0. The normalized spacial score (nSPS) is 51.4. The summed E-state index contributed by atoms with van der Waals surface area (Å²) < 4.78 is 0. The molecule has 0 aromatic carbocycles. The van der Waals surface area contributed by atoms with E-state index in [0.29, 0.717) is 42.6 Å². The number of hydrogen-bond acceptors (Lipinski definition) is 2. The summed E-state index contributed by atoms with van der Waals surface area (Å²) in [5.74, 6) is 3.45. The fourth-order valence-electron chi connectivity index (χ4n) is 8.50. The van der Waals surface area contributed by atoms with E-state index in [4.69, 9.17) is 0 Å². The van der Waals surface area contributed by atoms with Gasteiger partial charge in [-0.15, -0.1) is 6.58 Å². The molecule has 3 aliphatic carbocycles.